The zero-order valence-electron chi connectivity index (χ0n) is 25.0. The number of carbonyl (C=O) groups excluding carboxylic acids is 3. The normalized spacial score (nSPS) is 31.3. The van der Waals surface area contributed by atoms with Crippen LogP contribution >= 0.6 is 0 Å². The number of fused-ring (bicyclic) bond motifs is 5. The maximum atomic E-state index is 12.4. The molecule has 0 spiro atoms. The highest BCUT2D eigenvalue weighted by molar-refractivity contribution is 6.12. The Hall–Kier alpha value is -3.61. The van der Waals surface area contributed by atoms with Crippen LogP contribution in [0.15, 0.2) is 54.1 Å². The van der Waals surface area contributed by atoms with Crippen LogP contribution in [0.3, 0.4) is 0 Å². The third kappa shape index (κ3) is 5.34. The maximum absolute atomic E-state index is 12.4. The molecule has 0 amide bonds. The number of ether oxygens (including phenoxy) is 2. The number of ketones is 2. The average molecular weight is 575 g/mol. The molecule has 3 saturated carbocycles. The molecule has 0 heterocycles. The van der Waals surface area contributed by atoms with Gasteiger partial charge in [-0.2, -0.15) is 0 Å². The molecule has 0 saturated heterocycles. The summed E-state index contributed by atoms with van der Waals surface area (Å²) in [5, 5.41) is 19.4. The highest BCUT2D eigenvalue weighted by Crippen LogP contribution is 2.64. The van der Waals surface area contributed by atoms with Gasteiger partial charge in [-0.25, -0.2) is 0 Å². The SMILES string of the molecule is CC(=O)OC1CCC2(C)C(=CCC3C4CCC(=O)C4(C)CCC32)C1.COc1ccc(C(=O)c2ccccc2O)c(O)c1. The number of hydrogen-bond donors (Lipinski definition) is 2. The Bertz CT molecular complexity index is 1410. The Labute approximate surface area is 247 Å². The lowest BCUT2D eigenvalue weighted by Gasteiger charge is -2.56. The summed E-state index contributed by atoms with van der Waals surface area (Å²) in [6.07, 6.45) is 10.8. The second kappa shape index (κ2) is 11.6. The zero-order chi connectivity index (χ0) is 30.2. The smallest absolute Gasteiger partial charge is 0.302 e. The first-order valence-electron chi connectivity index (χ1n) is 15.1. The molecule has 2 N–H and O–H groups in total. The monoisotopic (exact) mass is 574 g/mol. The summed E-state index contributed by atoms with van der Waals surface area (Å²) in [5.41, 5.74) is 2.01. The van der Waals surface area contributed by atoms with Crippen LogP contribution in [-0.2, 0) is 14.3 Å². The van der Waals surface area contributed by atoms with Gasteiger partial charge in [-0.05, 0) is 86.0 Å². The summed E-state index contributed by atoms with van der Waals surface area (Å²) in [6.45, 7) is 6.19. The molecule has 6 atom stereocenters. The van der Waals surface area contributed by atoms with Gasteiger partial charge in [-0.3, -0.25) is 14.4 Å². The van der Waals surface area contributed by atoms with E-state index in [9.17, 15) is 24.6 Å². The van der Waals surface area contributed by atoms with Crippen LogP contribution in [0.4, 0.5) is 0 Å². The van der Waals surface area contributed by atoms with Gasteiger partial charge in [0.2, 0.25) is 0 Å². The van der Waals surface area contributed by atoms with Crippen molar-refractivity contribution in [3.05, 3.63) is 65.2 Å². The van der Waals surface area contributed by atoms with Gasteiger partial charge in [0.25, 0.3) is 0 Å². The predicted molar refractivity (Wildman–Crippen MR) is 158 cm³/mol. The van der Waals surface area contributed by atoms with Gasteiger partial charge >= 0.3 is 5.97 Å². The number of phenols is 2. The van der Waals surface area contributed by atoms with Gasteiger partial charge in [0.05, 0.1) is 18.2 Å². The lowest BCUT2D eigenvalue weighted by molar-refractivity contribution is -0.148. The fourth-order valence-electron chi connectivity index (χ4n) is 8.38. The fourth-order valence-corrected chi connectivity index (χ4v) is 8.38. The van der Waals surface area contributed by atoms with Crippen LogP contribution in [0.2, 0.25) is 0 Å². The molecule has 0 radical (unpaired) electrons. The van der Waals surface area contributed by atoms with Crippen molar-refractivity contribution in [2.45, 2.75) is 78.2 Å². The lowest BCUT2D eigenvalue weighted by Crippen LogP contribution is -2.50. The van der Waals surface area contributed by atoms with Crippen LogP contribution in [0.5, 0.6) is 17.2 Å². The molecule has 42 heavy (non-hydrogen) atoms. The van der Waals surface area contributed by atoms with Gasteiger partial charge in [-0.15, -0.1) is 0 Å². The topological polar surface area (TPSA) is 110 Å². The van der Waals surface area contributed by atoms with Gasteiger partial charge in [0, 0.05) is 31.2 Å². The molecule has 7 heteroatoms. The van der Waals surface area contributed by atoms with E-state index in [1.807, 2.05) is 0 Å². The van der Waals surface area contributed by atoms with Gasteiger partial charge in [0.15, 0.2) is 5.78 Å². The number of benzene rings is 2. The maximum Gasteiger partial charge on any atom is 0.302 e. The van der Waals surface area contributed by atoms with Gasteiger partial charge in [0.1, 0.15) is 29.1 Å². The van der Waals surface area contributed by atoms with E-state index in [4.69, 9.17) is 9.47 Å². The standard InChI is InChI=1S/C21H30O3.C14H12O4/c1-13(22)24-15-8-10-20(2)14(12-15)4-5-16-17-6-7-19(23)21(17,3)11-9-18(16)20;1-18-9-6-7-11(13(16)8-9)14(17)10-4-2-3-5-12(10)15/h4,15-18H,5-12H2,1-3H3;2-8,15-16H,1H3. The summed E-state index contributed by atoms with van der Waals surface area (Å²) in [5.74, 6) is 2.06. The quantitative estimate of drug-likeness (QED) is 0.235. The van der Waals surface area contributed by atoms with Crippen molar-refractivity contribution in [3.63, 3.8) is 0 Å². The number of aromatic hydroxyl groups is 2. The Morgan fingerprint density at radius 2 is 1.60 bits per heavy atom. The highest BCUT2D eigenvalue weighted by atomic mass is 16.5. The first kappa shape index (κ1) is 29.9. The van der Waals surface area contributed by atoms with Crippen molar-refractivity contribution in [1.82, 2.24) is 0 Å². The van der Waals surface area contributed by atoms with E-state index in [-0.39, 0.29) is 45.5 Å². The van der Waals surface area contributed by atoms with Crippen LogP contribution in [-0.4, -0.2) is 41.0 Å². The number of Topliss-reactive ketones (excluding diaryl/α,β-unsaturated/α-hetero) is 1. The number of methoxy groups -OCH3 is 1. The van der Waals surface area contributed by atoms with Crippen molar-refractivity contribution in [3.8, 4) is 17.2 Å². The second-order valence-electron chi connectivity index (χ2n) is 12.9. The molecule has 6 rings (SSSR count). The third-order valence-electron chi connectivity index (χ3n) is 10.7. The van der Waals surface area contributed by atoms with E-state index >= 15 is 0 Å². The van der Waals surface area contributed by atoms with E-state index in [1.54, 1.807) is 18.2 Å². The Morgan fingerprint density at radius 3 is 2.29 bits per heavy atom. The number of phenolic OH excluding ortho intramolecular Hbond substituents is 2. The number of allylic oxidation sites excluding steroid dienone is 1. The minimum Gasteiger partial charge on any atom is -0.507 e. The summed E-state index contributed by atoms with van der Waals surface area (Å²) in [4.78, 5) is 35.9. The minimum atomic E-state index is -0.437. The van der Waals surface area contributed by atoms with Crippen LogP contribution in [0.25, 0.3) is 0 Å². The van der Waals surface area contributed by atoms with Crippen molar-refractivity contribution in [1.29, 1.82) is 0 Å². The Kier molecular flexibility index (Phi) is 8.23. The summed E-state index contributed by atoms with van der Waals surface area (Å²) >= 11 is 0. The zero-order valence-corrected chi connectivity index (χ0v) is 25.0. The molecule has 4 aliphatic carbocycles. The summed E-state index contributed by atoms with van der Waals surface area (Å²) in [6, 6.07) is 10.6. The minimum absolute atomic E-state index is 0.0438. The van der Waals surface area contributed by atoms with Crippen LogP contribution < -0.4 is 4.74 Å². The molecule has 4 aliphatic rings. The van der Waals surface area contributed by atoms with Crippen molar-refractivity contribution in [2.75, 3.05) is 7.11 Å². The highest BCUT2D eigenvalue weighted by Gasteiger charge is 2.58. The van der Waals surface area contributed by atoms with Crippen molar-refractivity contribution < 1.29 is 34.1 Å². The van der Waals surface area contributed by atoms with E-state index < -0.39 is 5.78 Å². The number of rotatable bonds is 4. The third-order valence-corrected chi connectivity index (χ3v) is 10.7. The lowest BCUT2D eigenvalue weighted by atomic mass is 9.48. The van der Waals surface area contributed by atoms with Gasteiger partial charge in [-0.1, -0.05) is 37.6 Å². The van der Waals surface area contributed by atoms with E-state index in [0.29, 0.717) is 29.3 Å². The summed E-state index contributed by atoms with van der Waals surface area (Å²) in [7, 11) is 1.47. The molecule has 2 aromatic carbocycles. The molecule has 3 fully saturated rings. The summed E-state index contributed by atoms with van der Waals surface area (Å²) < 4.78 is 10.4. The Morgan fingerprint density at radius 1 is 0.905 bits per heavy atom. The second-order valence-corrected chi connectivity index (χ2v) is 12.9. The number of hydrogen-bond acceptors (Lipinski definition) is 7. The largest absolute Gasteiger partial charge is 0.507 e. The molecule has 224 valence electrons. The van der Waals surface area contributed by atoms with Crippen LogP contribution in [0.1, 0.15) is 88.1 Å². The average Bonchev–Trinajstić information content (AvgIpc) is 3.27. The molecule has 7 nitrogen and oxygen atoms in total. The molecule has 0 aliphatic heterocycles. The predicted octanol–water partition coefficient (Wildman–Crippen LogP) is 6.79. The first-order valence-corrected chi connectivity index (χ1v) is 15.1. The van der Waals surface area contributed by atoms with Crippen LogP contribution in [0, 0.1) is 28.6 Å². The molecular weight excluding hydrogens is 532 g/mol. The number of carbonyl (C=O) groups is 3. The van der Waals surface area contributed by atoms with Crippen molar-refractivity contribution >= 4 is 17.5 Å². The van der Waals surface area contributed by atoms with E-state index in [1.165, 1.54) is 50.3 Å². The fraction of sp³-hybridized carbons (Fsp3) is 0.514. The number of para-hydroxylation sites is 1. The Balaban J connectivity index is 0.000000176. The molecular formula is C35H42O7. The molecule has 0 aromatic heterocycles. The van der Waals surface area contributed by atoms with E-state index in [2.05, 4.69) is 19.9 Å². The number of esters is 1. The first-order chi connectivity index (χ1) is 20.0. The molecule has 2 aromatic rings. The van der Waals surface area contributed by atoms with Gasteiger partial charge < -0.3 is 19.7 Å². The molecule has 0 bridgehead atoms. The van der Waals surface area contributed by atoms with Crippen molar-refractivity contribution in [2.24, 2.45) is 28.6 Å². The molecule has 6 unspecified atom stereocenters. The van der Waals surface area contributed by atoms with E-state index in [0.717, 1.165) is 44.9 Å².